The molecule has 2 aliphatic heterocycles. The van der Waals surface area contributed by atoms with Gasteiger partial charge in [0.15, 0.2) is 11.5 Å². The van der Waals surface area contributed by atoms with Crippen LogP contribution in [0.4, 0.5) is 5.69 Å². The zero-order chi connectivity index (χ0) is 19.6. The molecule has 29 heavy (non-hydrogen) atoms. The van der Waals surface area contributed by atoms with Crippen LogP contribution >= 0.6 is 11.3 Å². The van der Waals surface area contributed by atoms with Gasteiger partial charge in [-0.05, 0) is 41.6 Å². The number of thiophene rings is 1. The fourth-order valence-electron chi connectivity index (χ4n) is 3.76. The predicted molar refractivity (Wildman–Crippen MR) is 112 cm³/mol. The summed E-state index contributed by atoms with van der Waals surface area (Å²) in [7, 11) is 0. The van der Waals surface area contributed by atoms with Crippen LogP contribution < -0.4 is 19.1 Å². The molecule has 148 valence electrons. The lowest BCUT2D eigenvalue weighted by molar-refractivity contribution is -0.123. The van der Waals surface area contributed by atoms with E-state index in [2.05, 4.69) is 6.07 Å². The fourth-order valence-corrected chi connectivity index (χ4v) is 4.45. The Morgan fingerprint density at radius 3 is 2.69 bits per heavy atom. The van der Waals surface area contributed by atoms with Crippen LogP contribution in [0.1, 0.15) is 10.4 Å². The number of fused-ring (bicyclic) bond motifs is 2. The zero-order valence-electron chi connectivity index (χ0n) is 15.9. The number of para-hydroxylation sites is 1. The summed E-state index contributed by atoms with van der Waals surface area (Å²) in [6.07, 6.45) is 0.681. The Hall–Kier alpha value is -2.99. The van der Waals surface area contributed by atoms with Crippen molar-refractivity contribution in [2.45, 2.75) is 13.0 Å². The molecule has 3 heterocycles. The Balaban J connectivity index is 1.45. The van der Waals surface area contributed by atoms with Crippen LogP contribution in [-0.4, -0.2) is 25.7 Å². The van der Waals surface area contributed by atoms with E-state index in [0.29, 0.717) is 38.5 Å². The number of hydrogen-bond donors (Lipinski definition) is 0. The van der Waals surface area contributed by atoms with Gasteiger partial charge in [-0.1, -0.05) is 24.3 Å². The number of anilines is 1. The first-order chi connectivity index (χ1) is 14.3. The van der Waals surface area contributed by atoms with Crippen LogP contribution in [0.5, 0.6) is 17.2 Å². The molecule has 0 N–H and O–H groups in total. The molecule has 0 fully saturated rings. The predicted octanol–water partition coefficient (Wildman–Crippen LogP) is 4.30. The van der Waals surface area contributed by atoms with Crippen molar-refractivity contribution in [2.75, 3.05) is 24.7 Å². The maximum absolute atomic E-state index is 13.6. The molecular formula is C23H21NO4S. The maximum Gasteiger partial charge on any atom is 0.234 e. The van der Waals surface area contributed by atoms with Crippen LogP contribution in [0.2, 0.25) is 0 Å². The van der Waals surface area contributed by atoms with Crippen molar-refractivity contribution in [1.82, 2.24) is 0 Å². The van der Waals surface area contributed by atoms with Crippen molar-refractivity contribution >= 4 is 22.9 Å². The molecule has 0 spiro atoms. The van der Waals surface area contributed by atoms with Gasteiger partial charge in [-0.3, -0.25) is 4.79 Å². The van der Waals surface area contributed by atoms with E-state index in [0.717, 1.165) is 27.6 Å². The first-order valence-electron chi connectivity index (χ1n) is 9.72. The third-order valence-electron chi connectivity index (χ3n) is 5.23. The smallest absolute Gasteiger partial charge is 0.234 e. The van der Waals surface area contributed by atoms with Gasteiger partial charge in [-0.2, -0.15) is 0 Å². The average Bonchev–Trinajstić information content (AvgIpc) is 3.30. The normalized spacial score (nSPS) is 17.2. The number of rotatable bonds is 4. The van der Waals surface area contributed by atoms with E-state index in [1.807, 2.05) is 58.8 Å². The molecule has 1 unspecified atom stereocenters. The van der Waals surface area contributed by atoms with Crippen molar-refractivity contribution in [3.8, 4) is 17.2 Å². The van der Waals surface area contributed by atoms with Crippen LogP contribution in [0.25, 0.3) is 0 Å². The molecule has 0 radical (unpaired) electrons. The van der Waals surface area contributed by atoms with E-state index < -0.39 is 0 Å². The lowest BCUT2D eigenvalue weighted by atomic mass is 9.95. The van der Waals surface area contributed by atoms with Gasteiger partial charge in [0.2, 0.25) is 5.91 Å². The monoisotopic (exact) mass is 407 g/mol. The first kappa shape index (κ1) is 18.1. The molecule has 3 aromatic rings. The van der Waals surface area contributed by atoms with Crippen LogP contribution in [0.15, 0.2) is 60.0 Å². The second-order valence-corrected chi connectivity index (χ2v) is 8.18. The standard InChI is InChI=1S/C23H21NO4S/c25-23(17-12-16-4-1-2-6-20(16)28-15-17)24(14-19-5-3-11-29-19)18-7-8-21-22(13-18)27-10-9-26-21/h1-8,11,13,17H,9-10,12,14-15H2. The minimum absolute atomic E-state index is 0.0598. The Labute approximate surface area is 173 Å². The summed E-state index contributed by atoms with van der Waals surface area (Å²) in [6, 6.07) is 17.7. The molecule has 0 saturated heterocycles. The highest BCUT2D eigenvalue weighted by molar-refractivity contribution is 7.09. The van der Waals surface area contributed by atoms with E-state index in [1.54, 1.807) is 11.3 Å². The average molecular weight is 407 g/mol. The third-order valence-corrected chi connectivity index (χ3v) is 6.09. The molecular weight excluding hydrogens is 386 g/mol. The third kappa shape index (κ3) is 3.68. The minimum Gasteiger partial charge on any atom is -0.492 e. The van der Waals surface area contributed by atoms with E-state index >= 15 is 0 Å². The van der Waals surface area contributed by atoms with Crippen molar-refractivity contribution in [3.05, 3.63) is 70.4 Å². The number of carbonyl (C=O) groups excluding carboxylic acids is 1. The van der Waals surface area contributed by atoms with E-state index in [9.17, 15) is 4.79 Å². The van der Waals surface area contributed by atoms with Gasteiger partial charge in [0.25, 0.3) is 0 Å². The summed E-state index contributed by atoms with van der Waals surface area (Å²) >= 11 is 1.65. The molecule has 1 amide bonds. The Morgan fingerprint density at radius 2 is 1.83 bits per heavy atom. The number of nitrogens with zero attached hydrogens (tertiary/aromatic N) is 1. The van der Waals surface area contributed by atoms with Gasteiger partial charge < -0.3 is 19.1 Å². The molecule has 0 bridgehead atoms. The second kappa shape index (κ2) is 7.79. The van der Waals surface area contributed by atoms with Crippen LogP contribution in [0.3, 0.4) is 0 Å². The zero-order valence-corrected chi connectivity index (χ0v) is 16.7. The van der Waals surface area contributed by atoms with Gasteiger partial charge in [0, 0.05) is 16.6 Å². The summed E-state index contributed by atoms with van der Waals surface area (Å²) in [4.78, 5) is 16.6. The lowest BCUT2D eigenvalue weighted by Crippen LogP contribution is -2.40. The molecule has 0 saturated carbocycles. The molecule has 1 aromatic heterocycles. The Morgan fingerprint density at radius 1 is 0.966 bits per heavy atom. The van der Waals surface area contributed by atoms with Gasteiger partial charge in [0.1, 0.15) is 25.6 Å². The summed E-state index contributed by atoms with van der Waals surface area (Å²) < 4.78 is 17.2. The highest BCUT2D eigenvalue weighted by atomic mass is 32.1. The van der Waals surface area contributed by atoms with E-state index in [-0.39, 0.29) is 11.8 Å². The molecule has 1 atom stereocenters. The highest BCUT2D eigenvalue weighted by Crippen LogP contribution is 2.36. The van der Waals surface area contributed by atoms with Crippen LogP contribution in [-0.2, 0) is 17.8 Å². The minimum atomic E-state index is -0.224. The number of hydrogen-bond acceptors (Lipinski definition) is 5. The summed E-state index contributed by atoms with van der Waals surface area (Å²) in [5, 5.41) is 2.03. The van der Waals surface area contributed by atoms with Crippen molar-refractivity contribution in [1.29, 1.82) is 0 Å². The molecule has 5 nitrogen and oxygen atoms in total. The highest BCUT2D eigenvalue weighted by Gasteiger charge is 2.31. The van der Waals surface area contributed by atoms with E-state index in [4.69, 9.17) is 14.2 Å². The summed E-state index contributed by atoms with van der Waals surface area (Å²) in [5.74, 6) is 2.12. The number of ether oxygens (including phenoxy) is 3. The van der Waals surface area contributed by atoms with E-state index in [1.165, 1.54) is 0 Å². The number of amides is 1. The van der Waals surface area contributed by atoms with Crippen molar-refractivity contribution in [2.24, 2.45) is 5.92 Å². The Bertz CT molecular complexity index is 1020. The number of benzene rings is 2. The topological polar surface area (TPSA) is 48.0 Å². The molecule has 6 heteroatoms. The number of carbonyl (C=O) groups is 1. The van der Waals surface area contributed by atoms with Gasteiger partial charge in [-0.25, -0.2) is 0 Å². The molecule has 0 aliphatic carbocycles. The molecule has 5 rings (SSSR count). The largest absolute Gasteiger partial charge is 0.492 e. The molecule has 2 aromatic carbocycles. The first-order valence-corrected chi connectivity index (χ1v) is 10.6. The second-order valence-electron chi connectivity index (χ2n) is 7.15. The lowest BCUT2D eigenvalue weighted by Gasteiger charge is -2.31. The quantitative estimate of drug-likeness (QED) is 0.647. The van der Waals surface area contributed by atoms with Gasteiger partial charge in [-0.15, -0.1) is 11.3 Å². The SMILES string of the molecule is O=C(C1COc2ccccc2C1)N(Cc1cccs1)c1ccc2c(c1)OCCO2. The molecule has 2 aliphatic rings. The van der Waals surface area contributed by atoms with Crippen molar-refractivity contribution < 1.29 is 19.0 Å². The summed E-state index contributed by atoms with van der Waals surface area (Å²) in [5.41, 5.74) is 1.89. The summed E-state index contributed by atoms with van der Waals surface area (Å²) in [6.45, 7) is 1.97. The maximum atomic E-state index is 13.6. The van der Waals surface area contributed by atoms with Crippen LogP contribution in [0, 0.1) is 5.92 Å². The van der Waals surface area contributed by atoms with Crippen molar-refractivity contribution in [3.63, 3.8) is 0 Å². The van der Waals surface area contributed by atoms with Gasteiger partial charge >= 0.3 is 0 Å². The Kier molecular flexibility index (Phi) is 4.86. The fraction of sp³-hybridized carbons (Fsp3) is 0.261. The van der Waals surface area contributed by atoms with Gasteiger partial charge in [0.05, 0.1) is 12.5 Å².